The first-order chi connectivity index (χ1) is 8.36. The summed E-state index contributed by atoms with van der Waals surface area (Å²) in [6.45, 7) is 6.74. The molecule has 1 aromatic rings. The molecule has 0 unspecified atom stereocenters. The quantitative estimate of drug-likeness (QED) is 0.632. The highest BCUT2D eigenvalue weighted by Gasteiger charge is 2.35. The summed E-state index contributed by atoms with van der Waals surface area (Å²) in [5, 5.41) is 3.09. The van der Waals surface area contributed by atoms with E-state index in [4.69, 9.17) is 11.8 Å². The van der Waals surface area contributed by atoms with Crippen molar-refractivity contribution in [1.29, 1.82) is 0 Å². The van der Waals surface area contributed by atoms with Gasteiger partial charge in [0.15, 0.2) is 0 Å². The van der Waals surface area contributed by atoms with Crippen LogP contribution in [0.3, 0.4) is 0 Å². The Morgan fingerprint density at radius 1 is 1.28 bits per heavy atom. The molecule has 0 heterocycles. The molecule has 1 aromatic carbocycles. The lowest BCUT2D eigenvalue weighted by molar-refractivity contribution is 0.313. The maximum Gasteiger partial charge on any atom is 0.249 e. The van der Waals surface area contributed by atoms with Crippen molar-refractivity contribution in [3.63, 3.8) is 0 Å². The van der Waals surface area contributed by atoms with Crippen LogP contribution in [0.4, 0.5) is 5.69 Å². The second kappa shape index (κ2) is 4.67. The Balaban J connectivity index is 2.05. The van der Waals surface area contributed by atoms with Crippen molar-refractivity contribution in [1.82, 2.24) is 4.84 Å². The fraction of sp³-hybridized carbons (Fsp3) is 0.692. The molecular weight excluding hydrogens is 252 g/mol. The lowest BCUT2D eigenvalue weighted by Crippen LogP contribution is -2.44. The summed E-state index contributed by atoms with van der Waals surface area (Å²) >= 11 is 5.72. The molecule has 2 N–H and O–H groups in total. The van der Waals surface area contributed by atoms with Crippen LogP contribution in [-0.2, 0) is 0 Å². The van der Waals surface area contributed by atoms with Gasteiger partial charge in [-0.1, -0.05) is 20.8 Å². The van der Waals surface area contributed by atoms with Crippen molar-refractivity contribution >= 4 is 17.5 Å². The van der Waals surface area contributed by atoms with Crippen LogP contribution >= 0.6 is 11.8 Å². The van der Waals surface area contributed by atoms with E-state index >= 15 is 0 Å². The van der Waals surface area contributed by atoms with Crippen molar-refractivity contribution in [3.05, 3.63) is 26.0 Å². The largest absolute Gasteiger partial charge is 0.380 e. The number of anilines is 1. The lowest BCUT2D eigenvalue weighted by atomic mass is 9.87. The minimum atomic E-state index is -0.376. The van der Waals surface area contributed by atoms with Gasteiger partial charge >= 0.3 is 0 Å². The molecule has 0 spiro atoms. The van der Waals surface area contributed by atoms with Gasteiger partial charge in [-0.05, 0) is 36.0 Å². The summed E-state index contributed by atoms with van der Waals surface area (Å²) in [7, 11) is 0. The average Bonchev–Trinajstić information content (AvgIpc) is 3.09. The van der Waals surface area contributed by atoms with Gasteiger partial charge in [0.2, 0.25) is 10.9 Å². The lowest BCUT2D eigenvalue weighted by Gasteiger charge is -2.30. The van der Waals surface area contributed by atoms with Crippen LogP contribution in [0.2, 0.25) is 0 Å². The van der Waals surface area contributed by atoms with E-state index < -0.39 is 0 Å². The standard InChI is InChI=1S/C13H19ClN2O2/c1-13(2,3)8(16-14)6-15-10-9(7-4-5-7)11(17)12(10)18/h7-8,15-16H,4-6H2,1-3H3/t8-/m1/s1. The van der Waals surface area contributed by atoms with E-state index in [9.17, 15) is 9.59 Å². The van der Waals surface area contributed by atoms with Crippen LogP contribution in [0.15, 0.2) is 9.59 Å². The molecule has 0 amide bonds. The first-order valence-corrected chi connectivity index (χ1v) is 6.67. The SMILES string of the molecule is CC(C)(C)[C@@H](CNc1c(C2CC2)c(=O)c1=O)NCl. The molecular formula is C13H19ClN2O2. The summed E-state index contributed by atoms with van der Waals surface area (Å²) in [5.41, 5.74) is 0.530. The van der Waals surface area contributed by atoms with Gasteiger partial charge in [0.25, 0.3) is 0 Å². The summed E-state index contributed by atoms with van der Waals surface area (Å²) in [6, 6.07) is 0.0237. The van der Waals surface area contributed by atoms with Crippen LogP contribution in [0.1, 0.15) is 45.1 Å². The van der Waals surface area contributed by atoms with Gasteiger partial charge in [-0.2, -0.15) is 0 Å². The molecule has 0 aromatic heterocycles. The third-order valence-corrected chi connectivity index (χ3v) is 3.86. The average molecular weight is 271 g/mol. The molecule has 5 heteroatoms. The van der Waals surface area contributed by atoms with E-state index in [1.807, 2.05) is 0 Å². The molecule has 4 nitrogen and oxygen atoms in total. The van der Waals surface area contributed by atoms with E-state index in [0.717, 1.165) is 12.8 Å². The molecule has 1 saturated carbocycles. The van der Waals surface area contributed by atoms with Gasteiger partial charge in [-0.15, -0.1) is 0 Å². The monoisotopic (exact) mass is 270 g/mol. The highest BCUT2D eigenvalue weighted by atomic mass is 35.5. The summed E-state index contributed by atoms with van der Waals surface area (Å²) in [5.74, 6) is 0.315. The number of hydrogen-bond acceptors (Lipinski definition) is 4. The van der Waals surface area contributed by atoms with Crippen molar-refractivity contribution < 1.29 is 0 Å². The van der Waals surface area contributed by atoms with Crippen molar-refractivity contribution in [2.75, 3.05) is 11.9 Å². The zero-order valence-corrected chi connectivity index (χ0v) is 11.7. The van der Waals surface area contributed by atoms with Crippen LogP contribution < -0.4 is 21.0 Å². The molecule has 2 rings (SSSR count). The number of hydrogen-bond donors (Lipinski definition) is 2. The van der Waals surface area contributed by atoms with Crippen LogP contribution in [0, 0.1) is 5.41 Å². The Bertz CT molecular complexity index is 508. The first-order valence-electron chi connectivity index (χ1n) is 6.29. The molecule has 0 aliphatic heterocycles. The number of halogens is 1. The predicted octanol–water partition coefficient (Wildman–Crippen LogP) is 1.73. The summed E-state index contributed by atoms with van der Waals surface area (Å²) in [6.07, 6.45) is 2.05. The van der Waals surface area contributed by atoms with Crippen LogP contribution in [-0.4, -0.2) is 12.6 Å². The third-order valence-electron chi connectivity index (χ3n) is 3.59. The molecule has 0 bridgehead atoms. The highest BCUT2D eigenvalue weighted by molar-refractivity contribution is 6.13. The summed E-state index contributed by atoms with van der Waals surface area (Å²) in [4.78, 5) is 25.7. The Hall–Kier alpha value is -0.870. The predicted molar refractivity (Wildman–Crippen MR) is 74.1 cm³/mol. The second-order valence-electron chi connectivity index (χ2n) is 6.13. The molecule has 0 saturated heterocycles. The minimum Gasteiger partial charge on any atom is -0.380 e. The maximum absolute atomic E-state index is 11.5. The smallest absolute Gasteiger partial charge is 0.249 e. The van der Waals surface area contributed by atoms with Crippen molar-refractivity contribution in [2.24, 2.45) is 5.41 Å². The normalized spacial score (nSPS) is 18.0. The minimum absolute atomic E-state index is 0.0220. The van der Waals surface area contributed by atoms with Gasteiger partial charge in [0, 0.05) is 18.2 Å². The fourth-order valence-electron chi connectivity index (χ4n) is 2.06. The topological polar surface area (TPSA) is 58.2 Å². The number of rotatable bonds is 5. The molecule has 1 fully saturated rings. The van der Waals surface area contributed by atoms with Gasteiger partial charge in [-0.3, -0.25) is 9.59 Å². The molecule has 1 aliphatic rings. The Morgan fingerprint density at radius 3 is 2.33 bits per heavy atom. The molecule has 1 atom stereocenters. The molecule has 18 heavy (non-hydrogen) atoms. The van der Waals surface area contributed by atoms with Crippen molar-refractivity contribution in [3.8, 4) is 0 Å². The fourth-order valence-corrected chi connectivity index (χ4v) is 2.46. The zero-order chi connectivity index (χ0) is 13.5. The maximum atomic E-state index is 11.5. The van der Waals surface area contributed by atoms with Gasteiger partial charge in [0.05, 0.1) is 5.69 Å². The summed E-state index contributed by atoms with van der Waals surface area (Å²) < 4.78 is 0. The Labute approximate surface area is 112 Å². The van der Waals surface area contributed by atoms with E-state index in [1.54, 1.807) is 0 Å². The molecule has 1 aliphatic carbocycles. The second-order valence-corrected chi connectivity index (χ2v) is 6.35. The first kappa shape index (κ1) is 13.6. The highest BCUT2D eigenvalue weighted by Crippen LogP contribution is 2.41. The molecule has 100 valence electrons. The van der Waals surface area contributed by atoms with Crippen molar-refractivity contribution in [2.45, 2.75) is 45.6 Å². The number of nitrogens with one attached hydrogen (secondary N) is 2. The van der Waals surface area contributed by atoms with E-state index in [1.165, 1.54) is 0 Å². The van der Waals surface area contributed by atoms with Gasteiger partial charge in [0.1, 0.15) is 0 Å². The van der Waals surface area contributed by atoms with Crippen LogP contribution in [0.5, 0.6) is 0 Å². The molecule has 0 radical (unpaired) electrons. The Kier molecular flexibility index (Phi) is 3.52. The van der Waals surface area contributed by atoms with Gasteiger partial charge in [-0.25, -0.2) is 4.84 Å². The van der Waals surface area contributed by atoms with Crippen LogP contribution in [0.25, 0.3) is 0 Å². The Morgan fingerprint density at radius 2 is 1.89 bits per heavy atom. The van der Waals surface area contributed by atoms with E-state index in [-0.39, 0.29) is 22.3 Å². The van der Waals surface area contributed by atoms with E-state index in [2.05, 4.69) is 30.9 Å². The van der Waals surface area contributed by atoms with E-state index in [0.29, 0.717) is 23.7 Å². The zero-order valence-electron chi connectivity index (χ0n) is 11.0. The van der Waals surface area contributed by atoms with Gasteiger partial charge < -0.3 is 5.32 Å². The third kappa shape index (κ3) is 2.45.